The average Bonchev–Trinajstić information content (AvgIpc) is 2.64. The molecule has 6 nitrogen and oxygen atoms in total. The Kier molecular flexibility index (Phi) is 5.48. The molecule has 0 bridgehead atoms. The van der Waals surface area contributed by atoms with Crippen LogP contribution >= 0.6 is 11.3 Å². The summed E-state index contributed by atoms with van der Waals surface area (Å²) in [5, 5.41) is 9.00. The van der Waals surface area contributed by atoms with Crippen molar-refractivity contribution in [1.29, 1.82) is 0 Å². The number of ether oxygens (including phenoxy) is 1. The Bertz CT molecular complexity index is 549. The van der Waals surface area contributed by atoms with E-state index in [1.54, 1.807) is 13.8 Å². The molecule has 1 aromatic heterocycles. The molecule has 0 saturated heterocycles. The third-order valence-electron chi connectivity index (χ3n) is 2.49. The molecule has 0 aliphatic rings. The van der Waals surface area contributed by atoms with E-state index in [9.17, 15) is 13.2 Å². The fourth-order valence-electron chi connectivity index (χ4n) is 1.59. The maximum atomic E-state index is 12.1. The van der Waals surface area contributed by atoms with E-state index in [0.29, 0.717) is 4.88 Å². The van der Waals surface area contributed by atoms with E-state index in [-0.39, 0.29) is 17.9 Å². The first-order valence-corrected chi connectivity index (χ1v) is 7.89. The van der Waals surface area contributed by atoms with Gasteiger partial charge in [0.25, 0.3) is 0 Å². The Morgan fingerprint density at radius 3 is 2.58 bits per heavy atom. The van der Waals surface area contributed by atoms with Gasteiger partial charge in [-0.05, 0) is 26.3 Å². The number of methoxy groups -OCH3 is 1. The van der Waals surface area contributed by atoms with E-state index < -0.39 is 22.0 Å². The fraction of sp³-hybridized carbons (Fsp3) is 0.545. The third-order valence-corrected chi connectivity index (χ3v) is 5.18. The first kappa shape index (κ1) is 16.1. The molecule has 8 heteroatoms. The number of thiophene rings is 1. The van der Waals surface area contributed by atoms with Crippen molar-refractivity contribution in [2.75, 3.05) is 13.7 Å². The molecule has 1 rings (SSSR count). The molecule has 0 aliphatic heterocycles. The van der Waals surface area contributed by atoms with Crippen molar-refractivity contribution in [3.8, 4) is 0 Å². The lowest BCUT2D eigenvalue weighted by atomic mass is 10.2. The highest BCUT2D eigenvalue weighted by Gasteiger charge is 2.27. The van der Waals surface area contributed by atoms with Gasteiger partial charge in [-0.1, -0.05) is 0 Å². The summed E-state index contributed by atoms with van der Waals surface area (Å²) < 4.78 is 31.2. The van der Waals surface area contributed by atoms with Crippen LogP contribution in [0.1, 0.15) is 16.2 Å². The number of aliphatic carboxylic acids is 1. The first-order valence-electron chi connectivity index (χ1n) is 5.59. The molecule has 0 saturated carbocycles. The summed E-state index contributed by atoms with van der Waals surface area (Å²) in [5.41, 5.74) is 0. The van der Waals surface area contributed by atoms with Gasteiger partial charge in [-0.3, -0.25) is 4.79 Å². The standard InChI is InChI=1S/C11H17NO5S2/c1-7-6-10(8(2)18-7)19(15,16)12-9(11(13)14)4-5-17-3/h6,9,12H,4-5H2,1-3H3,(H,13,14). The van der Waals surface area contributed by atoms with E-state index in [0.717, 1.165) is 4.88 Å². The van der Waals surface area contributed by atoms with Crippen molar-refractivity contribution in [2.24, 2.45) is 0 Å². The van der Waals surface area contributed by atoms with Crippen LogP contribution in [0.3, 0.4) is 0 Å². The summed E-state index contributed by atoms with van der Waals surface area (Å²) in [4.78, 5) is 12.7. The van der Waals surface area contributed by atoms with Crippen molar-refractivity contribution in [1.82, 2.24) is 4.72 Å². The van der Waals surface area contributed by atoms with Gasteiger partial charge in [0, 0.05) is 23.5 Å². The largest absolute Gasteiger partial charge is 0.480 e. The summed E-state index contributed by atoms with van der Waals surface area (Å²) >= 11 is 1.36. The van der Waals surface area contributed by atoms with Crippen molar-refractivity contribution in [3.63, 3.8) is 0 Å². The molecular formula is C11H17NO5S2. The summed E-state index contributed by atoms with van der Waals surface area (Å²) in [6.45, 7) is 3.66. The average molecular weight is 307 g/mol. The summed E-state index contributed by atoms with van der Waals surface area (Å²) in [7, 11) is -2.39. The van der Waals surface area contributed by atoms with Gasteiger partial charge in [-0.15, -0.1) is 11.3 Å². The molecule has 1 unspecified atom stereocenters. The minimum absolute atomic E-state index is 0.0766. The van der Waals surface area contributed by atoms with E-state index in [2.05, 4.69) is 4.72 Å². The Balaban J connectivity index is 2.94. The summed E-state index contributed by atoms with van der Waals surface area (Å²) in [5.74, 6) is -1.22. The van der Waals surface area contributed by atoms with Gasteiger partial charge < -0.3 is 9.84 Å². The van der Waals surface area contributed by atoms with Crippen molar-refractivity contribution < 1.29 is 23.1 Å². The molecular weight excluding hydrogens is 290 g/mol. The van der Waals surface area contributed by atoms with Gasteiger partial charge in [-0.2, -0.15) is 4.72 Å². The molecule has 2 N–H and O–H groups in total. The number of rotatable bonds is 7. The highest BCUT2D eigenvalue weighted by atomic mass is 32.2. The van der Waals surface area contributed by atoms with Crippen LogP contribution in [0.25, 0.3) is 0 Å². The molecule has 0 radical (unpaired) electrons. The lowest BCUT2D eigenvalue weighted by Crippen LogP contribution is -2.41. The SMILES string of the molecule is COCCC(NS(=O)(=O)c1cc(C)sc1C)C(=O)O. The highest BCUT2D eigenvalue weighted by Crippen LogP contribution is 2.25. The van der Waals surface area contributed by atoms with Crippen molar-refractivity contribution >= 4 is 27.3 Å². The first-order chi connectivity index (χ1) is 8.77. The van der Waals surface area contributed by atoms with Crippen LogP contribution in [0.4, 0.5) is 0 Å². The number of hydrogen-bond donors (Lipinski definition) is 2. The van der Waals surface area contributed by atoms with Crippen LogP contribution in [0.2, 0.25) is 0 Å². The molecule has 1 atom stereocenters. The molecule has 1 aromatic rings. The van der Waals surface area contributed by atoms with Crippen LogP contribution in [-0.4, -0.2) is 39.3 Å². The van der Waals surface area contributed by atoms with Gasteiger partial charge in [0.15, 0.2) is 0 Å². The maximum absolute atomic E-state index is 12.1. The van der Waals surface area contributed by atoms with E-state index in [1.165, 1.54) is 24.5 Å². The number of aryl methyl sites for hydroxylation is 2. The molecule has 0 fully saturated rings. The molecule has 108 valence electrons. The molecule has 0 aromatic carbocycles. The molecule has 19 heavy (non-hydrogen) atoms. The smallest absolute Gasteiger partial charge is 0.321 e. The second-order valence-corrected chi connectivity index (χ2v) is 7.21. The Hall–Kier alpha value is -0.960. The van der Waals surface area contributed by atoms with Gasteiger partial charge in [0.05, 0.1) is 4.90 Å². The predicted molar refractivity (Wildman–Crippen MR) is 72.0 cm³/mol. The minimum Gasteiger partial charge on any atom is -0.480 e. The normalized spacial score (nSPS) is 13.4. The number of carboxylic acid groups (broad SMARTS) is 1. The van der Waals surface area contributed by atoms with E-state index in [1.807, 2.05) is 0 Å². The number of carboxylic acids is 1. The van der Waals surface area contributed by atoms with Crippen LogP contribution in [-0.2, 0) is 19.6 Å². The van der Waals surface area contributed by atoms with Gasteiger partial charge in [-0.25, -0.2) is 8.42 Å². The Morgan fingerprint density at radius 2 is 2.16 bits per heavy atom. The number of carbonyl (C=O) groups is 1. The fourth-order valence-corrected chi connectivity index (χ4v) is 4.37. The summed E-state index contributed by atoms with van der Waals surface area (Å²) in [6.07, 6.45) is 0.0766. The van der Waals surface area contributed by atoms with E-state index >= 15 is 0 Å². The van der Waals surface area contributed by atoms with Crippen LogP contribution < -0.4 is 4.72 Å². The lowest BCUT2D eigenvalue weighted by Gasteiger charge is -2.14. The third kappa shape index (κ3) is 4.27. The number of sulfonamides is 1. The second-order valence-electron chi connectivity index (χ2n) is 4.07. The van der Waals surface area contributed by atoms with Gasteiger partial charge in [0.1, 0.15) is 6.04 Å². The lowest BCUT2D eigenvalue weighted by molar-refractivity contribution is -0.139. The zero-order valence-electron chi connectivity index (χ0n) is 11.0. The molecule has 0 aliphatic carbocycles. The zero-order valence-corrected chi connectivity index (χ0v) is 12.6. The van der Waals surface area contributed by atoms with Crippen molar-refractivity contribution in [3.05, 3.63) is 15.8 Å². The second kappa shape index (κ2) is 6.47. The zero-order chi connectivity index (χ0) is 14.6. The predicted octanol–water partition coefficient (Wildman–Crippen LogP) is 1.13. The quantitative estimate of drug-likeness (QED) is 0.788. The molecule has 0 amide bonds. The highest BCUT2D eigenvalue weighted by molar-refractivity contribution is 7.89. The van der Waals surface area contributed by atoms with Crippen LogP contribution in [0, 0.1) is 13.8 Å². The molecule has 1 heterocycles. The van der Waals surface area contributed by atoms with Gasteiger partial charge in [0.2, 0.25) is 10.0 Å². The Labute approximate surface area is 116 Å². The number of hydrogen-bond acceptors (Lipinski definition) is 5. The Morgan fingerprint density at radius 1 is 1.53 bits per heavy atom. The van der Waals surface area contributed by atoms with Crippen LogP contribution in [0.15, 0.2) is 11.0 Å². The summed E-state index contributed by atoms with van der Waals surface area (Å²) in [6, 6.07) is 0.349. The molecule has 0 spiro atoms. The monoisotopic (exact) mass is 307 g/mol. The topological polar surface area (TPSA) is 92.7 Å². The van der Waals surface area contributed by atoms with Crippen LogP contribution in [0.5, 0.6) is 0 Å². The van der Waals surface area contributed by atoms with Gasteiger partial charge >= 0.3 is 5.97 Å². The van der Waals surface area contributed by atoms with E-state index in [4.69, 9.17) is 9.84 Å². The minimum atomic E-state index is -3.82. The maximum Gasteiger partial charge on any atom is 0.321 e. The number of nitrogens with one attached hydrogen (secondary N) is 1. The van der Waals surface area contributed by atoms with Crippen molar-refractivity contribution in [2.45, 2.75) is 31.2 Å².